The van der Waals surface area contributed by atoms with Gasteiger partial charge in [0.25, 0.3) is 0 Å². The predicted octanol–water partition coefficient (Wildman–Crippen LogP) is -0.539. The van der Waals surface area contributed by atoms with E-state index < -0.39 is 6.29 Å². The van der Waals surface area contributed by atoms with Crippen molar-refractivity contribution in [3.63, 3.8) is 0 Å². The van der Waals surface area contributed by atoms with E-state index >= 15 is 0 Å². The van der Waals surface area contributed by atoms with Crippen molar-refractivity contribution in [3.8, 4) is 0 Å². The van der Waals surface area contributed by atoms with Gasteiger partial charge in [-0.2, -0.15) is 0 Å². The summed E-state index contributed by atoms with van der Waals surface area (Å²) in [6.07, 6.45) is -0.495. The number of rotatable bonds is 9. The molecule has 0 amide bonds. The van der Waals surface area contributed by atoms with Gasteiger partial charge < -0.3 is 24.4 Å². The minimum atomic E-state index is -0.495. The van der Waals surface area contributed by atoms with E-state index in [1.807, 2.05) is 38.0 Å². The topological polar surface area (TPSA) is 45.2 Å². The number of hydrogen-bond acceptors (Lipinski definition) is 5. The minimum Gasteiger partial charge on any atom is -0.391 e. The zero-order valence-corrected chi connectivity index (χ0v) is 10.3. The zero-order chi connectivity index (χ0) is 11.7. The van der Waals surface area contributed by atoms with E-state index in [2.05, 4.69) is 0 Å². The smallest absolute Gasteiger partial charge is 0.180 e. The lowest BCUT2D eigenvalue weighted by Gasteiger charge is -2.19. The molecule has 5 nitrogen and oxygen atoms in total. The molecule has 0 aliphatic rings. The Morgan fingerprint density at radius 3 is 1.60 bits per heavy atom. The molecule has 5 heteroatoms. The van der Waals surface area contributed by atoms with Crippen LogP contribution in [-0.2, 0) is 9.47 Å². The Hall–Kier alpha value is -0.200. The monoisotopic (exact) mass is 220 g/mol. The highest BCUT2D eigenvalue weighted by Gasteiger charge is 2.07. The van der Waals surface area contributed by atoms with Crippen LogP contribution in [0.15, 0.2) is 0 Å². The van der Waals surface area contributed by atoms with Crippen molar-refractivity contribution in [2.24, 2.45) is 0 Å². The zero-order valence-electron chi connectivity index (χ0n) is 10.3. The third kappa shape index (κ3) is 10.1. The van der Waals surface area contributed by atoms with Crippen molar-refractivity contribution in [2.75, 3.05) is 61.1 Å². The number of nitrogens with zero attached hydrogens (tertiary/aromatic N) is 2. The molecule has 0 atom stereocenters. The molecule has 0 aromatic rings. The van der Waals surface area contributed by atoms with E-state index in [1.54, 1.807) is 0 Å². The number of ether oxygens (including phenoxy) is 2. The van der Waals surface area contributed by atoms with E-state index in [-0.39, 0.29) is 6.61 Å². The SMILES string of the molecule is CN(C)CCOC(CO)OCCN(C)C. The van der Waals surface area contributed by atoms with Gasteiger partial charge >= 0.3 is 0 Å². The molecule has 0 bridgehead atoms. The molecule has 0 aliphatic carbocycles. The molecule has 0 radical (unpaired) electrons. The molecule has 0 saturated carbocycles. The molecule has 0 fully saturated rings. The highest BCUT2D eigenvalue weighted by molar-refractivity contribution is 4.46. The molecular formula is C10H24N2O3. The van der Waals surface area contributed by atoms with Gasteiger partial charge in [0.05, 0.1) is 19.8 Å². The first-order chi connectivity index (χ1) is 7.06. The van der Waals surface area contributed by atoms with E-state index in [0.717, 1.165) is 13.1 Å². The summed E-state index contributed by atoms with van der Waals surface area (Å²) in [6, 6.07) is 0. The molecule has 0 rings (SSSR count). The molecule has 0 aromatic carbocycles. The molecule has 15 heavy (non-hydrogen) atoms. The van der Waals surface area contributed by atoms with Crippen molar-refractivity contribution in [1.29, 1.82) is 0 Å². The second-order valence-corrected chi connectivity index (χ2v) is 3.96. The minimum absolute atomic E-state index is 0.0964. The maximum atomic E-state index is 8.98. The average Bonchev–Trinajstić information content (AvgIpc) is 2.14. The first kappa shape index (κ1) is 14.8. The summed E-state index contributed by atoms with van der Waals surface area (Å²) in [5.41, 5.74) is 0. The highest BCUT2D eigenvalue weighted by Crippen LogP contribution is 1.94. The summed E-state index contributed by atoms with van der Waals surface area (Å²) >= 11 is 0. The maximum Gasteiger partial charge on any atom is 0.180 e. The largest absolute Gasteiger partial charge is 0.391 e. The number of aliphatic hydroxyl groups excluding tert-OH is 1. The summed E-state index contributed by atoms with van der Waals surface area (Å²) in [7, 11) is 7.91. The summed E-state index contributed by atoms with van der Waals surface area (Å²) < 4.78 is 10.7. The summed E-state index contributed by atoms with van der Waals surface area (Å²) in [6.45, 7) is 2.70. The van der Waals surface area contributed by atoms with Crippen molar-refractivity contribution in [2.45, 2.75) is 6.29 Å². The number of hydrogen-bond donors (Lipinski definition) is 1. The van der Waals surface area contributed by atoms with Crippen molar-refractivity contribution in [1.82, 2.24) is 9.80 Å². The third-order valence-corrected chi connectivity index (χ3v) is 1.83. The second-order valence-electron chi connectivity index (χ2n) is 3.96. The normalized spacial score (nSPS) is 12.0. The summed E-state index contributed by atoms with van der Waals surface area (Å²) in [5.74, 6) is 0. The average molecular weight is 220 g/mol. The molecule has 0 aromatic heterocycles. The van der Waals surface area contributed by atoms with Crippen LogP contribution >= 0.6 is 0 Å². The Bertz CT molecular complexity index is 129. The molecule has 0 aliphatic heterocycles. The molecule has 92 valence electrons. The lowest BCUT2D eigenvalue weighted by atomic mass is 10.6. The first-order valence-corrected chi connectivity index (χ1v) is 5.19. The van der Waals surface area contributed by atoms with Crippen molar-refractivity contribution in [3.05, 3.63) is 0 Å². The van der Waals surface area contributed by atoms with Gasteiger partial charge in [0.1, 0.15) is 0 Å². The Kier molecular flexibility index (Phi) is 8.94. The van der Waals surface area contributed by atoms with Crippen LogP contribution in [0.4, 0.5) is 0 Å². The molecule has 0 unspecified atom stereocenters. The Balaban J connectivity index is 3.46. The van der Waals surface area contributed by atoms with Crippen LogP contribution in [-0.4, -0.2) is 82.3 Å². The fourth-order valence-electron chi connectivity index (χ4n) is 0.887. The quantitative estimate of drug-likeness (QED) is 0.529. The molecular weight excluding hydrogens is 196 g/mol. The van der Waals surface area contributed by atoms with Crippen LogP contribution < -0.4 is 0 Å². The van der Waals surface area contributed by atoms with Crippen LogP contribution in [0.2, 0.25) is 0 Å². The Morgan fingerprint density at radius 1 is 0.933 bits per heavy atom. The Morgan fingerprint density at radius 2 is 1.33 bits per heavy atom. The Labute approximate surface area is 92.6 Å². The highest BCUT2D eigenvalue weighted by atomic mass is 16.7. The fourth-order valence-corrected chi connectivity index (χ4v) is 0.887. The third-order valence-electron chi connectivity index (χ3n) is 1.83. The first-order valence-electron chi connectivity index (χ1n) is 5.19. The van der Waals surface area contributed by atoms with Gasteiger partial charge in [-0.05, 0) is 28.2 Å². The molecule has 1 N–H and O–H groups in total. The second kappa shape index (κ2) is 9.06. The summed E-state index contributed by atoms with van der Waals surface area (Å²) in [4.78, 5) is 4.04. The number of likely N-dealkylation sites (N-methyl/N-ethyl adjacent to an activating group) is 2. The van der Waals surface area contributed by atoms with Crippen LogP contribution in [0.25, 0.3) is 0 Å². The van der Waals surface area contributed by atoms with Gasteiger partial charge in [-0.1, -0.05) is 0 Å². The fraction of sp³-hybridized carbons (Fsp3) is 1.00. The predicted molar refractivity (Wildman–Crippen MR) is 59.9 cm³/mol. The molecule has 0 spiro atoms. The van der Waals surface area contributed by atoms with Gasteiger partial charge in [0.2, 0.25) is 0 Å². The van der Waals surface area contributed by atoms with Crippen molar-refractivity contribution >= 4 is 0 Å². The van der Waals surface area contributed by atoms with Crippen LogP contribution in [0.3, 0.4) is 0 Å². The van der Waals surface area contributed by atoms with E-state index in [4.69, 9.17) is 14.6 Å². The van der Waals surface area contributed by atoms with E-state index in [9.17, 15) is 0 Å². The maximum absolute atomic E-state index is 8.98. The lowest BCUT2D eigenvalue weighted by Crippen LogP contribution is -2.29. The van der Waals surface area contributed by atoms with Crippen molar-refractivity contribution < 1.29 is 14.6 Å². The summed E-state index contributed by atoms with van der Waals surface area (Å²) in [5, 5.41) is 8.98. The van der Waals surface area contributed by atoms with Gasteiger partial charge in [-0.25, -0.2) is 0 Å². The van der Waals surface area contributed by atoms with Crippen LogP contribution in [0.5, 0.6) is 0 Å². The van der Waals surface area contributed by atoms with E-state index in [0.29, 0.717) is 13.2 Å². The standard InChI is InChI=1S/C10H24N2O3/c1-11(2)5-7-14-10(9-13)15-8-6-12(3)4/h10,13H,5-9H2,1-4H3. The van der Waals surface area contributed by atoms with Gasteiger partial charge in [0.15, 0.2) is 6.29 Å². The van der Waals surface area contributed by atoms with Gasteiger partial charge in [-0.15, -0.1) is 0 Å². The number of aliphatic hydroxyl groups is 1. The van der Waals surface area contributed by atoms with E-state index in [1.165, 1.54) is 0 Å². The van der Waals surface area contributed by atoms with Crippen LogP contribution in [0, 0.1) is 0 Å². The van der Waals surface area contributed by atoms with Crippen LogP contribution in [0.1, 0.15) is 0 Å². The lowest BCUT2D eigenvalue weighted by molar-refractivity contribution is -0.164. The van der Waals surface area contributed by atoms with Gasteiger partial charge in [-0.3, -0.25) is 0 Å². The van der Waals surface area contributed by atoms with Gasteiger partial charge in [0, 0.05) is 13.1 Å². The molecule has 0 heterocycles. The molecule has 0 saturated heterocycles.